The Kier molecular flexibility index (Phi) is 5.78. The summed E-state index contributed by atoms with van der Waals surface area (Å²) in [6.45, 7) is 0. The number of carbonyl (C=O) groups is 1. The first-order valence-corrected chi connectivity index (χ1v) is 7.32. The lowest BCUT2D eigenvalue weighted by molar-refractivity contribution is -0.385. The molecule has 0 aromatic heterocycles. The normalized spacial score (nSPS) is 10.0. The van der Waals surface area contributed by atoms with E-state index in [1.54, 1.807) is 30.3 Å². The van der Waals surface area contributed by atoms with Gasteiger partial charge in [-0.2, -0.15) is 0 Å². The molecule has 25 heavy (non-hydrogen) atoms. The Morgan fingerprint density at radius 3 is 2.20 bits per heavy atom. The fourth-order valence-corrected chi connectivity index (χ4v) is 2.37. The van der Waals surface area contributed by atoms with E-state index < -0.39 is 10.8 Å². The van der Waals surface area contributed by atoms with Gasteiger partial charge in [0.25, 0.3) is 5.69 Å². The molecule has 2 aromatic carbocycles. The van der Waals surface area contributed by atoms with Gasteiger partial charge in [0, 0.05) is 29.4 Å². The molecule has 1 N–H and O–H groups in total. The molecule has 0 saturated heterocycles. The van der Waals surface area contributed by atoms with Crippen LogP contribution in [-0.4, -0.2) is 32.2 Å². The summed E-state index contributed by atoms with van der Waals surface area (Å²) in [5.41, 5.74) is 0.665. The average molecular weight is 346 g/mol. The highest BCUT2D eigenvalue weighted by Crippen LogP contribution is 2.39. The SMILES string of the molecule is COc1cc(NC(=O)Cc2ccccc2[N+](=O)[O-])cc(OC)c1OC. The summed E-state index contributed by atoms with van der Waals surface area (Å²) in [5, 5.41) is 13.7. The third-order valence-corrected chi connectivity index (χ3v) is 3.49. The summed E-state index contributed by atoms with van der Waals surface area (Å²) in [5.74, 6) is 0.788. The second-order valence-corrected chi connectivity index (χ2v) is 5.02. The number of carbonyl (C=O) groups excluding carboxylic acids is 1. The van der Waals surface area contributed by atoms with Crippen molar-refractivity contribution in [3.63, 3.8) is 0 Å². The smallest absolute Gasteiger partial charge is 0.273 e. The molecule has 0 aliphatic heterocycles. The summed E-state index contributed by atoms with van der Waals surface area (Å²) in [6, 6.07) is 9.28. The minimum atomic E-state index is -0.512. The third-order valence-electron chi connectivity index (χ3n) is 3.49. The van der Waals surface area contributed by atoms with E-state index in [1.165, 1.54) is 27.4 Å². The molecule has 0 aliphatic rings. The summed E-state index contributed by atoms with van der Waals surface area (Å²) >= 11 is 0. The summed E-state index contributed by atoms with van der Waals surface area (Å²) in [6.07, 6.45) is -0.131. The van der Waals surface area contributed by atoms with Crippen molar-refractivity contribution in [3.05, 3.63) is 52.1 Å². The van der Waals surface area contributed by atoms with Crippen LogP contribution in [0, 0.1) is 10.1 Å². The molecule has 0 unspecified atom stereocenters. The Morgan fingerprint density at radius 2 is 1.68 bits per heavy atom. The van der Waals surface area contributed by atoms with E-state index in [0.29, 0.717) is 28.5 Å². The zero-order chi connectivity index (χ0) is 18.4. The monoisotopic (exact) mass is 346 g/mol. The van der Waals surface area contributed by atoms with E-state index in [9.17, 15) is 14.9 Å². The minimum absolute atomic E-state index is 0.0949. The molecule has 1 amide bonds. The summed E-state index contributed by atoms with van der Waals surface area (Å²) < 4.78 is 15.7. The van der Waals surface area contributed by atoms with Crippen molar-refractivity contribution in [2.24, 2.45) is 0 Å². The van der Waals surface area contributed by atoms with Crippen LogP contribution < -0.4 is 19.5 Å². The predicted molar refractivity (Wildman–Crippen MR) is 91.5 cm³/mol. The molecule has 0 fully saturated rings. The van der Waals surface area contributed by atoms with Crippen molar-refractivity contribution in [2.45, 2.75) is 6.42 Å². The number of nitro groups is 1. The van der Waals surface area contributed by atoms with Gasteiger partial charge in [-0.25, -0.2) is 0 Å². The number of ether oxygens (including phenoxy) is 3. The number of benzene rings is 2. The second kappa shape index (κ2) is 8.00. The highest BCUT2D eigenvalue weighted by molar-refractivity contribution is 5.93. The number of amides is 1. The van der Waals surface area contributed by atoms with Gasteiger partial charge in [0.1, 0.15) is 0 Å². The van der Waals surface area contributed by atoms with Crippen molar-refractivity contribution >= 4 is 17.3 Å². The van der Waals surface area contributed by atoms with Gasteiger partial charge in [-0.1, -0.05) is 18.2 Å². The largest absolute Gasteiger partial charge is 0.493 e. The van der Waals surface area contributed by atoms with Crippen LogP contribution in [0.15, 0.2) is 36.4 Å². The zero-order valence-electron chi connectivity index (χ0n) is 14.1. The molecule has 8 heteroatoms. The van der Waals surface area contributed by atoms with Crippen LogP contribution in [0.2, 0.25) is 0 Å². The van der Waals surface area contributed by atoms with Crippen LogP contribution in [-0.2, 0) is 11.2 Å². The summed E-state index contributed by atoms with van der Waals surface area (Å²) in [4.78, 5) is 22.8. The Bertz CT molecular complexity index is 765. The van der Waals surface area contributed by atoms with E-state index in [2.05, 4.69) is 5.32 Å². The van der Waals surface area contributed by atoms with Crippen molar-refractivity contribution in [1.82, 2.24) is 0 Å². The Balaban J connectivity index is 2.23. The van der Waals surface area contributed by atoms with Crippen LogP contribution in [0.1, 0.15) is 5.56 Å². The first-order chi connectivity index (χ1) is 12.0. The van der Waals surface area contributed by atoms with Crippen molar-refractivity contribution in [3.8, 4) is 17.2 Å². The molecular weight excluding hydrogens is 328 g/mol. The quantitative estimate of drug-likeness (QED) is 0.611. The fourth-order valence-electron chi connectivity index (χ4n) is 2.37. The lowest BCUT2D eigenvalue weighted by Crippen LogP contribution is -2.15. The maximum absolute atomic E-state index is 12.3. The van der Waals surface area contributed by atoms with Gasteiger partial charge in [-0.3, -0.25) is 14.9 Å². The summed E-state index contributed by atoms with van der Waals surface area (Å²) in [7, 11) is 4.42. The molecule has 132 valence electrons. The highest BCUT2D eigenvalue weighted by atomic mass is 16.6. The number of nitrogens with one attached hydrogen (secondary N) is 1. The second-order valence-electron chi connectivity index (χ2n) is 5.02. The van der Waals surface area contributed by atoms with E-state index in [4.69, 9.17) is 14.2 Å². The Labute approximate surface area is 144 Å². The molecule has 0 spiro atoms. The minimum Gasteiger partial charge on any atom is -0.493 e. The molecule has 8 nitrogen and oxygen atoms in total. The molecule has 0 heterocycles. The topological polar surface area (TPSA) is 99.9 Å². The number of hydrogen-bond donors (Lipinski definition) is 1. The maximum Gasteiger partial charge on any atom is 0.273 e. The number of nitrogens with zero attached hydrogens (tertiary/aromatic N) is 1. The number of rotatable bonds is 7. The van der Waals surface area contributed by atoms with E-state index in [0.717, 1.165) is 0 Å². The van der Waals surface area contributed by atoms with Gasteiger partial charge in [0.05, 0.1) is 32.7 Å². The number of methoxy groups -OCH3 is 3. The molecule has 0 bridgehead atoms. The maximum atomic E-state index is 12.3. The van der Waals surface area contributed by atoms with Gasteiger partial charge < -0.3 is 19.5 Å². The Hall–Kier alpha value is -3.29. The number of anilines is 1. The van der Waals surface area contributed by atoms with E-state index in [-0.39, 0.29) is 12.1 Å². The number of hydrogen-bond acceptors (Lipinski definition) is 6. The molecule has 0 aliphatic carbocycles. The standard InChI is InChI=1S/C17H18N2O6/c1-23-14-9-12(10-15(24-2)17(14)25-3)18-16(20)8-11-6-4-5-7-13(11)19(21)22/h4-7,9-10H,8H2,1-3H3,(H,18,20). The van der Waals surface area contributed by atoms with Crippen LogP contribution in [0.4, 0.5) is 11.4 Å². The molecule has 0 atom stereocenters. The van der Waals surface area contributed by atoms with Crippen LogP contribution >= 0.6 is 0 Å². The first-order valence-electron chi connectivity index (χ1n) is 7.32. The van der Waals surface area contributed by atoms with Crippen LogP contribution in [0.3, 0.4) is 0 Å². The molecule has 2 rings (SSSR count). The van der Waals surface area contributed by atoms with Crippen molar-refractivity contribution < 1.29 is 23.9 Å². The molecule has 2 aromatic rings. The van der Waals surface area contributed by atoms with Gasteiger partial charge >= 0.3 is 0 Å². The van der Waals surface area contributed by atoms with Crippen LogP contribution in [0.5, 0.6) is 17.2 Å². The number of nitro benzene ring substituents is 1. The van der Waals surface area contributed by atoms with Gasteiger partial charge in [0.2, 0.25) is 11.7 Å². The molecule has 0 saturated carbocycles. The highest BCUT2D eigenvalue weighted by Gasteiger charge is 2.17. The van der Waals surface area contributed by atoms with Crippen molar-refractivity contribution in [2.75, 3.05) is 26.6 Å². The van der Waals surface area contributed by atoms with Crippen molar-refractivity contribution in [1.29, 1.82) is 0 Å². The van der Waals surface area contributed by atoms with E-state index >= 15 is 0 Å². The predicted octanol–water partition coefficient (Wildman–Crippen LogP) is 2.80. The lowest BCUT2D eigenvalue weighted by Gasteiger charge is -2.14. The average Bonchev–Trinajstić information content (AvgIpc) is 2.60. The van der Waals surface area contributed by atoms with Gasteiger partial charge in [-0.15, -0.1) is 0 Å². The van der Waals surface area contributed by atoms with Gasteiger partial charge in [0.15, 0.2) is 11.5 Å². The number of para-hydroxylation sites is 1. The zero-order valence-corrected chi connectivity index (χ0v) is 14.1. The first kappa shape index (κ1) is 18.1. The Morgan fingerprint density at radius 1 is 1.08 bits per heavy atom. The fraction of sp³-hybridized carbons (Fsp3) is 0.235. The third kappa shape index (κ3) is 4.17. The van der Waals surface area contributed by atoms with Crippen LogP contribution in [0.25, 0.3) is 0 Å². The molecule has 0 radical (unpaired) electrons. The lowest BCUT2D eigenvalue weighted by atomic mass is 10.1. The van der Waals surface area contributed by atoms with E-state index in [1.807, 2.05) is 0 Å². The molecular formula is C17H18N2O6. The van der Waals surface area contributed by atoms with Gasteiger partial charge in [-0.05, 0) is 0 Å².